The Hall–Kier alpha value is -2.89. The van der Waals surface area contributed by atoms with Gasteiger partial charge in [0.25, 0.3) is 0 Å². The molecule has 0 amide bonds. The van der Waals surface area contributed by atoms with Crippen molar-refractivity contribution in [2.75, 3.05) is 13.2 Å². The molecule has 0 aromatic heterocycles. The molecule has 0 rings (SSSR count). The van der Waals surface area contributed by atoms with Gasteiger partial charge in [0.15, 0.2) is 6.10 Å². The van der Waals surface area contributed by atoms with Crippen LogP contribution in [0.15, 0.2) is 60.8 Å². The number of rotatable bonds is 60. The molecule has 1 atom stereocenters. The topological polar surface area (TPSA) is 78.9 Å². The first-order chi connectivity index (χ1) is 37.0. The largest absolute Gasteiger partial charge is 0.462 e. The third kappa shape index (κ3) is 61.8. The predicted octanol–water partition coefficient (Wildman–Crippen LogP) is 22.3. The van der Waals surface area contributed by atoms with Crippen LogP contribution >= 0.6 is 0 Å². The second kappa shape index (κ2) is 63.6. The van der Waals surface area contributed by atoms with Crippen LogP contribution in [-0.4, -0.2) is 37.2 Å². The minimum absolute atomic E-state index is 0.0768. The molecule has 0 aliphatic heterocycles. The lowest BCUT2D eigenvalue weighted by Gasteiger charge is -2.18. The average Bonchev–Trinajstić information content (AvgIpc) is 3.41. The fraction of sp³-hybridized carbons (Fsp3) is 0.812. The van der Waals surface area contributed by atoms with Crippen LogP contribution in [0.2, 0.25) is 0 Å². The van der Waals surface area contributed by atoms with Crippen molar-refractivity contribution >= 4 is 17.9 Å². The molecule has 0 fully saturated rings. The van der Waals surface area contributed by atoms with Crippen LogP contribution in [0.1, 0.15) is 342 Å². The van der Waals surface area contributed by atoms with E-state index in [9.17, 15) is 14.4 Å². The van der Waals surface area contributed by atoms with Gasteiger partial charge in [0.1, 0.15) is 13.2 Å². The fourth-order valence-corrected chi connectivity index (χ4v) is 9.54. The fourth-order valence-electron chi connectivity index (χ4n) is 9.54. The van der Waals surface area contributed by atoms with Crippen LogP contribution in [0.3, 0.4) is 0 Å². The molecule has 0 aliphatic carbocycles. The van der Waals surface area contributed by atoms with Gasteiger partial charge in [-0.15, -0.1) is 0 Å². The molecule has 0 radical (unpaired) electrons. The monoisotopic (exact) mass is 1050 g/mol. The molecular formula is C69H124O6. The first-order valence-electron chi connectivity index (χ1n) is 32.8. The molecule has 0 aliphatic rings. The van der Waals surface area contributed by atoms with Crippen molar-refractivity contribution in [3.63, 3.8) is 0 Å². The van der Waals surface area contributed by atoms with Gasteiger partial charge < -0.3 is 14.2 Å². The van der Waals surface area contributed by atoms with Crippen molar-refractivity contribution in [2.45, 2.75) is 348 Å². The molecular weight excluding hydrogens is 925 g/mol. The number of esters is 3. The maximum Gasteiger partial charge on any atom is 0.306 e. The Balaban J connectivity index is 3.98. The maximum atomic E-state index is 12.8. The summed E-state index contributed by atoms with van der Waals surface area (Å²) in [6, 6.07) is 0. The Labute approximate surface area is 466 Å². The van der Waals surface area contributed by atoms with Gasteiger partial charge in [-0.1, -0.05) is 293 Å². The third-order valence-electron chi connectivity index (χ3n) is 14.5. The zero-order valence-corrected chi connectivity index (χ0v) is 50.1. The van der Waals surface area contributed by atoms with Crippen LogP contribution < -0.4 is 0 Å². The minimum atomic E-state index is -0.777. The lowest BCUT2D eigenvalue weighted by molar-refractivity contribution is -0.167. The summed E-state index contributed by atoms with van der Waals surface area (Å²) in [7, 11) is 0. The van der Waals surface area contributed by atoms with E-state index in [1.807, 2.05) is 0 Å². The summed E-state index contributed by atoms with van der Waals surface area (Å²) < 4.78 is 16.8. The smallest absolute Gasteiger partial charge is 0.306 e. The van der Waals surface area contributed by atoms with Crippen LogP contribution in [0.25, 0.3) is 0 Å². The molecule has 1 unspecified atom stereocenters. The number of ether oxygens (including phenoxy) is 3. The number of hydrogen-bond donors (Lipinski definition) is 0. The minimum Gasteiger partial charge on any atom is -0.462 e. The molecule has 0 bridgehead atoms. The highest BCUT2D eigenvalue weighted by molar-refractivity contribution is 5.71. The standard InChI is InChI=1S/C69H124O6/c1-4-7-10-13-15-17-19-21-23-25-27-29-30-31-32-33-34-35-36-37-38-40-41-43-45-47-49-51-53-56-59-62-68(71)74-65-66(64-73-67(70)61-58-55-12-9-6-3)75-69(72)63-60-57-54-52-50-48-46-44-42-39-28-26-24-22-20-18-16-14-11-8-5-2/h19-22,25-28,42,44,66H,4-18,23-24,29-41,43,45-65H2,1-3H3/b21-19-,22-20-,27-25-,28-26-,44-42-. The van der Waals surface area contributed by atoms with Gasteiger partial charge in [-0.05, 0) is 89.9 Å². The van der Waals surface area contributed by atoms with Gasteiger partial charge in [0, 0.05) is 19.3 Å². The molecule has 0 spiro atoms. The molecule has 0 heterocycles. The Bertz CT molecular complexity index is 1340. The van der Waals surface area contributed by atoms with Gasteiger partial charge in [0.2, 0.25) is 0 Å². The number of unbranched alkanes of at least 4 members (excludes halogenated alkanes) is 39. The summed E-state index contributed by atoms with van der Waals surface area (Å²) in [5.74, 6) is -0.889. The van der Waals surface area contributed by atoms with Gasteiger partial charge in [-0.3, -0.25) is 14.4 Å². The summed E-state index contributed by atoms with van der Waals surface area (Å²) in [5.41, 5.74) is 0. The van der Waals surface area contributed by atoms with Crippen molar-refractivity contribution in [1.82, 2.24) is 0 Å². The molecule has 6 nitrogen and oxygen atoms in total. The van der Waals surface area contributed by atoms with Crippen LogP contribution in [-0.2, 0) is 28.6 Å². The lowest BCUT2D eigenvalue weighted by atomic mass is 10.0. The van der Waals surface area contributed by atoms with E-state index in [0.29, 0.717) is 19.3 Å². The van der Waals surface area contributed by atoms with E-state index in [2.05, 4.69) is 81.5 Å². The summed E-state index contributed by atoms with van der Waals surface area (Å²) in [6.45, 7) is 6.56. The van der Waals surface area contributed by atoms with Gasteiger partial charge in [0.05, 0.1) is 0 Å². The zero-order chi connectivity index (χ0) is 54.3. The molecule has 0 N–H and O–H groups in total. The average molecular weight is 1050 g/mol. The summed E-state index contributed by atoms with van der Waals surface area (Å²) in [5, 5.41) is 0. The molecule has 0 saturated heterocycles. The number of hydrogen-bond acceptors (Lipinski definition) is 6. The van der Waals surface area contributed by atoms with Crippen LogP contribution in [0, 0.1) is 0 Å². The SMILES string of the molecule is CCCCCCC/C=C\C/C=C\C/C=C\CCCCCCCCC(=O)OC(COC(=O)CCCCCCC)COC(=O)CCCCCCCCCCCCCCCCCCCCC/C=C\C/C=C\CCCCCCC. The molecule has 6 heteroatoms. The van der Waals surface area contributed by atoms with Crippen molar-refractivity contribution in [3.05, 3.63) is 60.8 Å². The van der Waals surface area contributed by atoms with Gasteiger partial charge in [-0.25, -0.2) is 0 Å². The lowest BCUT2D eigenvalue weighted by Crippen LogP contribution is -2.30. The molecule has 75 heavy (non-hydrogen) atoms. The highest BCUT2D eigenvalue weighted by Gasteiger charge is 2.19. The molecule has 0 saturated carbocycles. The predicted molar refractivity (Wildman–Crippen MR) is 325 cm³/mol. The number of allylic oxidation sites excluding steroid dienone is 10. The number of carbonyl (C=O) groups is 3. The second-order valence-electron chi connectivity index (χ2n) is 22.0. The summed E-state index contributed by atoms with van der Waals surface area (Å²) in [4.78, 5) is 37.9. The Kier molecular flexibility index (Phi) is 61.2. The Morgan fingerprint density at radius 2 is 0.480 bits per heavy atom. The summed E-state index contributed by atoms with van der Waals surface area (Å²) in [6.07, 6.45) is 81.5. The second-order valence-corrected chi connectivity index (χ2v) is 22.0. The van der Waals surface area contributed by atoms with E-state index in [1.165, 1.54) is 212 Å². The Morgan fingerprint density at radius 1 is 0.267 bits per heavy atom. The highest BCUT2D eigenvalue weighted by atomic mass is 16.6. The van der Waals surface area contributed by atoms with Gasteiger partial charge in [-0.2, -0.15) is 0 Å². The van der Waals surface area contributed by atoms with Crippen LogP contribution in [0.4, 0.5) is 0 Å². The van der Waals surface area contributed by atoms with Crippen molar-refractivity contribution in [1.29, 1.82) is 0 Å². The zero-order valence-electron chi connectivity index (χ0n) is 50.1. The van der Waals surface area contributed by atoms with E-state index < -0.39 is 6.10 Å². The van der Waals surface area contributed by atoms with E-state index in [1.54, 1.807) is 0 Å². The van der Waals surface area contributed by atoms with Crippen LogP contribution in [0.5, 0.6) is 0 Å². The third-order valence-corrected chi connectivity index (χ3v) is 14.5. The highest BCUT2D eigenvalue weighted by Crippen LogP contribution is 2.17. The van der Waals surface area contributed by atoms with E-state index in [0.717, 1.165) is 89.9 Å². The molecule has 0 aromatic carbocycles. The normalized spacial score (nSPS) is 12.4. The van der Waals surface area contributed by atoms with E-state index in [4.69, 9.17) is 14.2 Å². The van der Waals surface area contributed by atoms with E-state index in [-0.39, 0.29) is 31.1 Å². The quantitative estimate of drug-likeness (QED) is 0.0261. The number of carbonyl (C=O) groups excluding carboxylic acids is 3. The van der Waals surface area contributed by atoms with E-state index >= 15 is 0 Å². The Morgan fingerprint density at radius 3 is 0.747 bits per heavy atom. The first-order valence-corrected chi connectivity index (χ1v) is 32.8. The first kappa shape index (κ1) is 72.1. The van der Waals surface area contributed by atoms with Crippen molar-refractivity contribution < 1.29 is 28.6 Å². The van der Waals surface area contributed by atoms with Gasteiger partial charge >= 0.3 is 17.9 Å². The maximum absolute atomic E-state index is 12.8. The molecule has 436 valence electrons. The molecule has 0 aromatic rings. The van der Waals surface area contributed by atoms with Crippen molar-refractivity contribution in [3.8, 4) is 0 Å². The summed E-state index contributed by atoms with van der Waals surface area (Å²) >= 11 is 0. The van der Waals surface area contributed by atoms with Crippen molar-refractivity contribution in [2.24, 2.45) is 0 Å².